The summed E-state index contributed by atoms with van der Waals surface area (Å²) in [6.07, 6.45) is 0. The van der Waals surface area contributed by atoms with E-state index in [-0.39, 0.29) is 11.1 Å². The zero-order valence-electron chi connectivity index (χ0n) is 11.8. The molecule has 0 spiro atoms. The van der Waals surface area contributed by atoms with Crippen molar-refractivity contribution in [1.29, 1.82) is 0 Å². The molecule has 0 bridgehead atoms. The molecule has 5 heteroatoms. The van der Waals surface area contributed by atoms with Crippen LogP contribution in [-0.2, 0) is 0 Å². The van der Waals surface area contributed by atoms with Crippen molar-refractivity contribution < 1.29 is 9.13 Å². The van der Waals surface area contributed by atoms with Crippen LogP contribution in [0.1, 0.15) is 24.1 Å². The summed E-state index contributed by atoms with van der Waals surface area (Å²) in [5, 5.41) is 3.34. The van der Waals surface area contributed by atoms with Crippen LogP contribution in [0, 0.1) is 5.82 Å². The van der Waals surface area contributed by atoms with Gasteiger partial charge in [0.15, 0.2) is 0 Å². The highest BCUT2D eigenvalue weighted by atomic mass is 79.9. The van der Waals surface area contributed by atoms with Gasteiger partial charge in [-0.2, -0.15) is 0 Å². The fourth-order valence-electron chi connectivity index (χ4n) is 2.19. The highest BCUT2D eigenvalue weighted by Gasteiger charge is 2.15. The molecule has 0 aliphatic rings. The van der Waals surface area contributed by atoms with E-state index in [2.05, 4.69) is 21.2 Å². The first-order valence-corrected chi connectivity index (χ1v) is 7.78. The minimum absolute atomic E-state index is 0.0740. The van der Waals surface area contributed by atoms with Crippen LogP contribution >= 0.6 is 27.5 Å². The van der Waals surface area contributed by atoms with Crippen LogP contribution < -0.4 is 10.1 Å². The first kappa shape index (κ1) is 16.3. The molecule has 0 saturated carbocycles. The first-order valence-electron chi connectivity index (χ1n) is 6.61. The minimum Gasteiger partial charge on any atom is -0.493 e. The van der Waals surface area contributed by atoms with Crippen LogP contribution in [0.3, 0.4) is 0 Å². The molecule has 2 aromatic rings. The molecule has 0 aliphatic heterocycles. The van der Waals surface area contributed by atoms with E-state index in [4.69, 9.17) is 16.3 Å². The molecule has 1 N–H and O–H groups in total. The number of nitrogens with one attached hydrogen (secondary N) is 1. The second-order valence-electron chi connectivity index (χ2n) is 4.52. The Bertz CT molecular complexity index is 636. The fraction of sp³-hybridized carbons (Fsp3) is 0.250. The molecule has 0 aliphatic carbocycles. The summed E-state index contributed by atoms with van der Waals surface area (Å²) in [7, 11) is 1.85. The van der Waals surface area contributed by atoms with Gasteiger partial charge in [0, 0.05) is 0 Å². The number of hydrogen-bond donors (Lipinski definition) is 1. The average molecular weight is 373 g/mol. The number of benzene rings is 2. The van der Waals surface area contributed by atoms with Crippen molar-refractivity contribution in [1.82, 2.24) is 5.32 Å². The predicted molar refractivity (Wildman–Crippen MR) is 87.6 cm³/mol. The van der Waals surface area contributed by atoms with Gasteiger partial charge >= 0.3 is 0 Å². The second kappa shape index (κ2) is 7.25. The molecule has 21 heavy (non-hydrogen) atoms. The number of rotatable bonds is 5. The van der Waals surface area contributed by atoms with E-state index in [0.717, 1.165) is 21.3 Å². The van der Waals surface area contributed by atoms with Crippen LogP contribution in [0.2, 0.25) is 5.02 Å². The lowest BCUT2D eigenvalue weighted by molar-refractivity contribution is 0.338. The Morgan fingerprint density at radius 2 is 1.90 bits per heavy atom. The Morgan fingerprint density at radius 3 is 2.48 bits per heavy atom. The van der Waals surface area contributed by atoms with Crippen LogP contribution in [0.15, 0.2) is 40.9 Å². The van der Waals surface area contributed by atoms with Crippen LogP contribution in [0.5, 0.6) is 5.75 Å². The average Bonchev–Trinajstić information content (AvgIpc) is 2.46. The van der Waals surface area contributed by atoms with E-state index in [1.807, 2.05) is 32.2 Å². The maximum Gasteiger partial charge on any atom is 0.141 e. The van der Waals surface area contributed by atoms with Gasteiger partial charge in [-0.3, -0.25) is 0 Å². The highest BCUT2D eigenvalue weighted by molar-refractivity contribution is 9.10. The largest absolute Gasteiger partial charge is 0.493 e. The van der Waals surface area contributed by atoms with Crippen molar-refractivity contribution in [2.24, 2.45) is 0 Å². The number of halogens is 3. The molecular weight excluding hydrogens is 357 g/mol. The summed E-state index contributed by atoms with van der Waals surface area (Å²) in [4.78, 5) is 0. The highest BCUT2D eigenvalue weighted by Crippen LogP contribution is 2.31. The summed E-state index contributed by atoms with van der Waals surface area (Å²) < 4.78 is 19.7. The van der Waals surface area contributed by atoms with Crippen LogP contribution in [0.4, 0.5) is 4.39 Å². The van der Waals surface area contributed by atoms with Gasteiger partial charge in [0.25, 0.3) is 0 Å². The molecule has 2 rings (SSSR count). The van der Waals surface area contributed by atoms with Crippen LogP contribution in [-0.4, -0.2) is 13.7 Å². The fourth-order valence-corrected chi connectivity index (χ4v) is 2.89. The molecule has 0 heterocycles. The minimum atomic E-state index is -0.414. The van der Waals surface area contributed by atoms with Gasteiger partial charge in [0.05, 0.1) is 22.1 Å². The summed E-state index contributed by atoms with van der Waals surface area (Å²) in [6.45, 7) is 2.55. The van der Waals surface area contributed by atoms with Gasteiger partial charge in [-0.15, -0.1) is 0 Å². The van der Waals surface area contributed by atoms with Gasteiger partial charge in [-0.25, -0.2) is 4.39 Å². The van der Waals surface area contributed by atoms with Crippen molar-refractivity contribution in [2.75, 3.05) is 13.7 Å². The third-order valence-electron chi connectivity index (χ3n) is 3.15. The van der Waals surface area contributed by atoms with Crippen molar-refractivity contribution in [3.63, 3.8) is 0 Å². The smallest absolute Gasteiger partial charge is 0.141 e. The van der Waals surface area contributed by atoms with Gasteiger partial charge in [0.2, 0.25) is 0 Å². The summed E-state index contributed by atoms with van der Waals surface area (Å²) >= 11 is 9.37. The van der Waals surface area contributed by atoms with E-state index in [1.54, 1.807) is 12.1 Å². The van der Waals surface area contributed by atoms with Gasteiger partial charge in [-0.1, -0.05) is 23.7 Å². The van der Waals surface area contributed by atoms with Crippen molar-refractivity contribution in [3.8, 4) is 5.75 Å². The zero-order chi connectivity index (χ0) is 15.4. The molecule has 1 unspecified atom stereocenters. The molecule has 0 saturated heterocycles. The maximum absolute atomic E-state index is 13.3. The van der Waals surface area contributed by atoms with Crippen molar-refractivity contribution >= 4 is 27.5 Å². The summed E-state index contributed by atoms with van der Waals surface area (Å²) in [5.41, 5.74) is 1.94. The number of hydrogen-bond acceptors (Lipinski definition) is 2. The van der Waals surface area contributed by atoms with E-state index < -0.39 is 5.82 Å². The monoisotopic (exact) mass is 371 g/mol. The van der Waals surface area contributed by atoms with Crippen LogP contribution in [0.25, 0.3) is 0 Å². The zero-order valence-corrected chi connectivity index (χ0v) is 14.1. The molecule has 2 nitrogen and oxygen atoms in total. The lowest BCUT2D eigenvalue weighted by Gasteiger charge is -2.19. The Labute approximate surface area is 137 Å². The van der Waals surface area contributed by atoms with Gasteiger partial charge in [-0.05, 0) is 65.3 Å². The standard InChI is InChI=1S/C16H16BrClFNO/c1-3-21-15-7-5-10(8-12(15)17)16(20-2)11-4-6-14(19)13(18)9-11/h4-9,16,20H,3H2,1-2H3. The molecule has 0 amide bonds. The van der Waals surface area contributed by atoms with Gasteiger partial charge < -0.3 is 10.1 Å². The maximum atomic E-state index is 13.3. The lowest BCUT2D eigenvalue weighted by Crippen LogP contribution is -2.17. The summed E-state index contributed by atoms with van der Waals surface area (Å²) in [5.74, 6) is 0.386. The topological polar surface area (TPSA) is 21.3 Å². The van der Waals surface area contributed by atoms with E-state index in [1.165, 1.54) is 6.07 Å². The third kappa shape index (κ3) is 3.76. The van der Waals surface area contributed by atoms with Gasteiger partial charge in [0.1, 0.15) is 11.6 Å². The molecule has 0 radical (unpaired) electrons. The van der Waals surface area contributed by atoms with E-state index >= 15 is 0 Å². The van der Waals surface area contributed by atoms with E-state index in [0.29, 0.717) is 6.61 Å². The normalized spacial score (nSPS) is 12.2. The molecule has 0 fully saturated rings. The van der Waals surface area contributed by atoms with Crippen molar-refractivity contribution in [2.45, 2.75) is 13.0 Å². The molecule has 1 atom stereocenters. The quantitative estimate of drug-likeness (QED) is 0.802. The third-order valence-corrected chi connectivity index (χ3v) is 4.06. The second-order valence-corrected chi connectivity index (χ2v) is 5.78. The lowest BCUT2D eigenvalue weighted by atomic mass is 9.99. The van der Waals surface area contributed by atoms with E-state index in [9.17, 15) is 4.39 Å². The van der Waals surface area contributed by atoms with Crippen molar-refractivity contribution in [3.05, 3.63) is 62.8 Å². The molecular formula is C16H16BrClFNO. The Hall–Kier alpha value is -1.10. The number of ether oxygens (including phenoxy) is 1. The molecule has 0 aromatic heterocycles. The molecule has 2 aromatic carbocycles. The molecule has 112 valence electrons. The SMILES string of the molecule is CCOc1ccc(C(NC)c2ccc(F)c(Cl)c2)cc1Br. The Morgan fingerprint density at radius 1 is 1.24 bits per heavy atom. The Balaban J connectivity index is 2.36. The summed E-state index contributed by atoms with van der Waals surface area (Å²) in [6, 6.07) is 10.6. The first-order chi connectivity index (χ1) is 10.1. The Kier molecular flexibility index (Phi) is 5.62. The predicted octanol–water partition coefficient (Wildman–Crippen LogP) is 4.95.